The van der Waals surface area contributed by atoms with E-state index in [0.29, 0.717) is 13.1 Å². The molecule has 1 aliphatic heterocycles. The van der Waals surface area contributed by atoms with Crippen LogP contribution in [0.4, 0.5) is 11.4 Å². The summed E-state index contributed by atoms with van der Waals surface area (Å²) in [5, 5.41) is 0. The predicted molar refractivity (Wildman–Crippen MR) is 83.3 cm³/mol. The average molecular weight is 297 g/mol. The lowest BCUT2D eigenvalue weighted by Gasteiger charge is -2.35. The van der Waals surface area contributed by atoms with Gasteiger partial charge in [0.05, 0.1) is 5.75 Å². The molecule has 112 valence electrons. The minimum absolute atomic E-state index is 0.162. The summed E-state index contributed by atoms with van der Waals surface area (Å²) in [4.78, 5) is 2.20. The van der Waals surface area contributed by atoms with Gasteiger partial charge in [-0.3, -0.25) is 0 Å². The second kappa shape index (κ2) is 6.01. The topological polar surface area (TPSA) is 66.6 Å². The summed E-state index contributed by atoms with van der Waals surface area (Å²) in [5.41, 5.74) is 7.52. The molecule has 0 amide bonds. The van der Waals surface area contributed by atoms with E-state index in [0.717, 1.165) is 24.5 Å². The van der Waals surface area contributed by atoms with Gasteiger partial charge in [-0.25, -0.2) is 8.42 Å². The summed E-state index contributed by atoms with van der Waals surface area (Å²) in [5.74, 6) is 0.393. The first-order valence-electron chi connectivity index (χ1n) is 6.97. The van der Waals surface area contributed by atoms with Crippen LogP contribution in [0.2, 0.25) is 0 Å². The quantitative estimate of drug-likeness (QED) is 0.853. The number of hydrogen-bond acceptors (Lipinski definition) is 4. The van der Waals surface area contributed by atoms with Gasteiger partial charge < -0.3 is 10.6 Å². The highest BCUT2D eigenvalue weighted by molar-refractivity contribution is 7.89. The zero-order chi connectivity index (χ0) is 14.8. The second-order valence-electron chi connectivity index (χ2n) is 5.65. The van der Waals surface area contributed by atoms with Gasteiger partial charge in [0.2, 0.25) is 10.0 Å². The molecule has 0 atom stereocenters. The van der Waals surface area contributed by atoms with Crippen molar-refractivity contribution in [3.05, 3.63) is 24.3 Å². The van der Waals surface area contributed by atoms with Crippen molar-refractivity contribution in [3.63, 3.8) is 0 Å². The largest absolute Gasteiger partial charge is 0.399 e. The summed E-state index contributed by atoms with van der Waals surface area (Å²) in [6.45, 7) is 6.42. The van der Waals surface area contributed by atoms with Gasteiger partial charge in [-0.2, -0.15) is 4.31 Å². The first kappa shape index (κ1) is 15.1. The molecular formula is C14H23N3O2S. The molecule has 0 unspecified atom stereocenters. The second-order valence-corrected chi connectivity index (χ2v) is 7.66. The van der Waals surface area contributed by atoms with Crippen molar-refractivity contribution in [1.82, 2.24) is 4.31 Å². The molecule has 1 fully saturated rings. The zero-order valence-electron chi connectivity index (χ0n) is 12.1. The SMILES string of the molecule is CC(C)CS(=O)(=O)N1CCN(c2ccc(N)cc2)CC1. The van der Waals surface area contributed by atoms with Crippen LogP contribution in [0.1, 0.15) is 13.8 Å². The Balaban J connectivity index is 1.97. The highest BCUT2D eigenvalue weighted by atomic mass is 32.2. The molecule has 6 heteroatoms. The van der Waals surface area contributed by atoms with Crippen LogP contribution in [-0.2, 0) is 10.0 Å². The van der Waals surface area contributed by atoms with E-state index in [4.69, 9.17) is 5.73 Å². The van der Waals surface area contributed by atoms with Gasteiger partial charge in [-0.15, -0.1) is 0 Å². The molecule has 20 heavy (non-hydrogen) atoms. The van der Waals surface area contributed by atoms with E-state index >= 15 is 0 Å². The minimum atomic E-state index is -3.11. The Labute approximate surface area is 121 Å². The van der Waals surface area contributed by atoms with E-state index < -0.39 is 10.0 Å². The molecule has 1 heterocycles. The van der Waals surface area contributed by atoms with Gasteiger partial charge >= 0.3 is 0 Å². The van der Waals surface area contributed by atoms with E-state index in [-0.39, 0.29) is 11.7 Å². The van der Waals surface area contributed by atoms with Gasteiger partial charge in [-0.05, 0) is 30.2 Å². The first-order valence-corrected chi connectivity index (χ1v) is 8.58. The molecule has 0 spiro atoms. The fourth-order valence-corrected chi connectivity index (χ4v) is 4.21. The van der Waals surface area contributed by atoms with Crippen LogP contribution in [0.25, 0.3) is 0 Å². The van der Waals surface area contributed by atoms with Crippen LogP contribution in [-0.4, -0.2) is 44.7 Å². The van der Waals surface area contributed by atoms with Crippen molar-refractivity contribution in [2.24, 2.45) is 5.92 Å². The van der Waals surface area contributed by atoms with Crippen LogP contribution in [0.15, 0.2) is 24.3 Å². The van der Waals surface area contributed by atoms with Crippen LogP contribution in [0, 0.1) is 5.92 Å². The maximum absolute atomic E-state index is 12.2. The Morgan fingerprint density at radius 1 is 1.10 bits per heavy atom. The lowest BCUT2D eigenvalue weighted by molar-refractivity contribution is 0.382. The molecule has 0 saturated carbocycles. The molecule has 1 aromatic carbocycles. The third kappa shape index (κ3) is 3.64. The molecular weight excluding hydrogens is 274 g/mol. The summed E-state index contributed by atoms with van der Waals surface area (Å²) in [6, 6.07) is 7.70. The average Bonchev–Trinajstić information content (AvgIpc) is 2.38. The summed E-state index contributed by atoms with van der Waals surface area (Å²) < 4.78 is 26.0. The molecule has 0 radical (unpaired) electrons. The number of rotatable bonds is 4. The van der Waals surface area contributed by atoms with E-state index in [9.17, 15) is 8.42 Å². The van der Waals surface area contributed by atoms with Crippen LogP contribution in [0.5, 0.6) is 0 Å². The zero-order valence-corrected chi connectivity index (χ0v) is 12.9. The predicted octanol–water partition coefficient (Wildman–Crippen LogP) is 1.38. The van der Waals surface area contributed by atoms with Crippen molar-refractivity contribution >= 4 is 21.4 Å². The van der Waals surface area contributed by atoms with Crippen molar-refractivity contribution < 1.29 is 8.42 Å². The van der Waals surface area contributed by atoms with Crippen LogP contribution >= 0.6 is 0 Å². The maximum Gasteiger partial charge on any atom is 0.214 e. The maximum atomic E-state index is 12.2. The Bertz CT molecular complexity index is 532. The van der Waals surface area contributed by atoms with Crippen molar-refractivity contribution in [2.45, 2.75) is 13.8 Å². The molecule has 2 rings (SSSR count). The summed E-state index contributed by atoms with van der Waals surface area (Å²) in [6.07, 6.45) is 0. The van der Waals surface area contributed by atoms with Crippen LogP contribution in [0.3, 0.4) is 0 Å². The number of nitrogens with zero attached hydrogens (tertiary/aromatic N) is 2. The fraction of sp³-hybridized carbons (Fsp3) is 0.571. The molecule has 0 aliphatic carbocycles. The number of nitrogens with two attached hydrogens (primary N) is 1. The minimum Gasteiger partial charge on any atom is -0.399 e. The van der Waals surface area contributed by atoms with Gasteiger partial charge in [0.15, 0.2) is 0 Å². The van der Waals surface area contributed by atoms with Crippen LogP contribution < -0.4 is 10.6 Å². The molecule has 1 saturated heterocycles. The van der Waals surface area contributed by atoms with Crippen molar-refractivity contribution in [1.29, 1.82) is 0 Å². The van der Waals surface area contributed by atoms with Gasteiger partial charge in [0.25, 0.3) is 0 Å². The monoisotopic (exact) mass is 297 g/mol. The summed E-state index contributed by atoms with van der Waals surface area (Å²) >= 11 is 0. The molecule has 5 nitrogen and oxygen atoms in total. The highest BCUT2D eigenvalue weighted by Gasteiger charge is 2.27. The first-order chi connectivity index (χ1) is 9.38. The third-order valence-electron chi connectivity index (χ3n) is 3.43. The van der Waals surface area contributed by atoms with Crippen molar-refractivity contribution in [3.8, 4) is 0 Å². The van der Waals surface area contributed by atoms with Gasteiger partial charge in [0, 0.05) is 37.6 Å². The third-order valence-corrected chi connectivity index (χ3v) is 5.67. The van der Waals surface area contributed by atoms with E-state index in [1.807, 2.05) is 38.1 Å². The Morgan fingerprint density at radius 3 is 2.15 bits per heavy atom. The number of sulfonamides is 1. The summed E-state index contributed by atoms with van der Waals surface area (Å²) in [7, 11) is -3.11. The number of benzene rings is 1. The smallest absolute Gasteiger partial charge is 0.214 e. The fourth-order valence-electron chi connectivity index (χ4n) is 2.44. The molecule has 1 aliphatic rings. The van der Waals surface area contributed by atoms with E-state index in [1.54, 1.807) is 4.31 Å². The highest BCUT2D eigenvalue weighted by Crippen LogP contribution is 2.19. The number of piperazine rings is 1. The van der Waals surface area contributed by atoms with Crippen molar-refractivity contribution in [2.75, 3.05) is 42.6 Å². The standard InChI is InChI=1S/C14H23N3O2S/c1-12(2)11-20(18,19)17-9-7-16(8-10-17)14-5-3-13(15)4-6-14/h3-6,12H,7-11,15H2,1-2H3. The lowest BCUT2D eigenvalue weighted by Crippen LogP contribution is -2.49. The van der Waals surface area contributed by atoms with E-state index in [1.165, 1.54) is 0 Å². The number of nitrogen functional groups attached to an aromatic ring is 1. The van der Waals surface area contributed by atoms with E-state index in [2.05, 4.69) is 4.90 Å². The Hall–Kier alpha value is -1.27. The molecule has 2 N–H and O–H groups in total. The Morgan fingerprint density at radius 2 is 1.65 bits per heavy atom. The molecule has 1 aromatic rings. The number of anilines is 2. The normalized spacial score (nSPS) is 17.6. The number of hydrogen-bond donors (Lipinski definition) is 1. The Kier molecular flexibility index (Phi) is 4.55. The lowest BCUT2D eigenvalue weighted by atomic mass is 10.2. The molecule has 0 bridgehead atoms. The van der Waals surface area contributed by atoms with Gasteiger partial charge in [-0.1, -0.05) is 13.8 Å². The van der Waals surface area contributed by atoms with Gasteiger partial charge in [0.1, 0.15) is 0 Å². The molecule has 0 aromatic heterocycles.